The Morgan fingerprint density at radius 2 is 1.95 bits per heavy atom. The number of ether oxygens (including phenoxy) is 2. The van der Waals surface area contributed by atoms with Gasteiger partial charge in [-0.25, -0.2) is 0 Å². The standard InChI is InChI=1S/C17H18N2O3/c1-10-6-12-13(18-8-10)9-19-17(20)16(12)11-4-5-14(21-2)15(7-11)22-3/h4-8,16H,9H2,1-3H3,(H,19,20). The molecule has 1 aromatic carbocycles. The topological polar surface area (TPSA) is 60.5 Å². The van der Waals surface area contributed by atoms with E-state index in [1.807, 2.05) is 37.4 Å². The Bertz CT molecular complexity index is 728. The average Bonchev–Trinajstić information content (AvgIpc) is 2.54. The van der Waals surface area contributed by atoms with Crippen molar-refractivity contribution in [2.75, 3.05) is 14.2 Å². The number of carbonyl (C=O) groups excluding carboxylic acids is 1. The number of amides is 1. The van der Waals surface area contributed by atoms with Gasteiger partial charge in [-0.2, -0.15) is 0 Å². The Balaban J connectivity index is 2.11. The number of fused-ring (bicyclic) bond motifs is 1. The smallest absolute Gasteiger partial charge is 0.232 e. The Kier molecular flexibility index (Phi) is 3.71. The summed E-state index contributed by atoms with van der Waals surface area (Å²) in [6.45, 7) is 2.45. The summed E-state index contributed by atoms with van der Waals surface area (Å²) in [5, 5.41) is 2.90. The van der Waals surface area contributed by atoms with Crippen molar-refractivity contribution in [3.05, 3.63) is 52.8 Å². The molecule has 1 aliphatic heterocycles. The van der Waals surface area contributed by atoms with Crippen LogP contribution in [0.25, 0.3) is 0 Å². The molecule has 0 spiro atoms. The number of aromatic nitrogens is 1. The summed E-state index contributed by atoms with van der Waals surface area (Å²) in [5.74, 6) is 0.855. The van der Waals surface area contributed by atoms with Crippen LogP contribution in [0.15, 0.2) is 30.5 Å². The van der Waals surface area contributed by atoms with Crippen LogP contribution in [0.5, 0.6) is 11.5 Å². The van der Waals surface area contributed by atoms with Crippen LogP contribution in [0.3, 0.4) is 0 Å². The van der Waals surface area contributed by atoms with Crippen molar-refractivity contribution in [3.8, 4) is 11.5 Å². The molecule has 22 heavy (non-hydrogen) atoms. The van der Waals surface area contributed by atoms with Crippen LogP contribution in [-0.2, 0) is 11.3 Å². The van der Waals surface area contributed by atoms with Crippen molar-refractivity contribution >= 4 is 5.91 Å². The summed E-state index contributed by atoms with van der Waals surface area (Å²) < 4.78 is 10.6. The number of hydrogen-bond donors (Lipinski definition) is 1. The van der Waals surface area contributed by atoms with E-state index in [1.54, 1.807) is 14.2 Å². The van der Waals surface area contributed by atoms with Gasteiger partial charge < -0.3 is 14.8 Å². The van der Waals surface area contributed by atoms with Gasteiger partial charge in [0.25, 0.3) is 0 Å². The van der Waals surface area contributed by atoms with E-state index in [9.17, 15) is 4.79 Å². The maximum Gasteiger partial charge on any atom is 0.232 e. The number of nitrogens with one attached hydrogen (secondary N) is 1. The molecule has 1 unspecified atom stereocenters. The van der Waals surface area contributed by atoms with Gasteiger partial charge in [0.05, 0.1) is 32.4 Å². The Labute approximate surface area is 129 Å². The summed E-state index contributed by atoms with van der Waals surface area (Å²) in [6, 6.07) is 7.59. The molecule has 0 aliphatic carbocycles. The van der Waals surface area contributed by atoms with Crippen LogP contribution in [0.2, 0.25) is 0 Å². The van der Waals surface area contributed by atoms with Crippen LogP contribution in [0.1, 0.15) is 28.3 Å². The van der Waals surface area contributed by atoms with Crippen LogP contribution in [0, 0.1) is 6.92 Å². The summed E-state index contributed by atoms with van der Waals surface area (Å²) in [5.41, 5.74) is 3.77. The maximum absolute atomic E-state index is 12.4. The lowest BCUT2D eigenvalue weighted by Gasteiger charge is -2.26. The molecule has 1 aromatic heterocycles. The summed E-state index contributed by atoms with van der Waals surface area (Å²) in [4.78, 5) is 16.8. The molecule has 0 bridgehead atoms. The lowest BCUT2D eigenvalue weighted by molar-refractivity contribution is -0.122. The molecule has 0 radical (unpaired) electrons. The zero-order valence-corrected chi connectivity index (χ0v) is 12.8. The van der Waals surface area contributed by atoms with Crippen LogP contribution >= 0.6 is 0 Å². The highest BCUT2D eigenvalue weighted by atomic mass is 16.5. The summed E-state index contributed by atoms with van der Waals surface area (Å²) in [6.07, 6.45) is 1.82. The van der Waals surface area contributed by atoms with Crippen molar-refractivity contribution in [1.82, 2.24) is 10.3 Å². The van der Waals surface area contributed by atoms with Gasteiger partial charge in [0.1, 0.15) is 0 Å². The van der Waals surface area contributed by atoms with Crippen molar-refractivity contribution in [3.63, 3.8) is 0 Å². The van der Waals surface area contributed by atoms with Crippen molar-refractivity contribution in [1.29, 1.82) is 0 Å². The molecule has 3 rings (SSSR count). The average molecular weight is 298 g/mol. The quantitative estimate of drug-likeness (QED) is 0.943. The zero-order chi connectivity index (χ0) is 15.7. The van der Waals surface area contributed by atoms with Crippen molar-refractivity contribution in [2.24, 2.45) is 0 Å². The second-order valence-corrected chi connectivity index (χ2v) is 5.31. The fraction of sp³-hybridized carbons (Fsp3) is 0.294. The third-order valence-electron chi connectivity index (χ3n) is 3.88. The molecule has 114 valence electrons. The van der Waals surface area contributed by atoms with Gasteiger partial charge in [-0.3, -0.25) is 9.78 Å². The zero-order valence-electron chi connectivity index (χ0n) is 12.8. The van der Waals surface area contributed by atoms with Crippen LogP contribution in [-0.4, -0.2) is 25.1 Å². The lowest BCUT2D eigenvalue weighted by atomic mass is 9.86. The predicted octanol–water partition coefficient (Wildman–Crippen LogP) is 2.17. The minimum Gasteiger partial charge on any atom is -0.493 e. The van der Waals surface area contributed by atoms with Crippen LogP contribution < -0.4 is 14.8 Å². The number of methoxy groups -OCH3 is 2. The molecule has 0 fully saturated rings. The molecular weight excluding hydrogens is 280 g/mol. The van der Waals surface area contributed by atoms with Gasteiger partial charge in [0, 0.05) is 6.20 Å². The monoisotopic (exact) mass is 298 g/mol. The van der Waals surface area contributed by atoms with Crippen molar-refractivity contribution in [2.45, 2.75) is 19.4 Å². The number of carbonyl (C=O) groups is 1. The van der Waals surface area contributed by atoms with E-state index in [4.69, 9.17) is 9.47 Å². The largest absolute Gasteiger partial charge is 0.493 e. The Morgan fingerprint density at radius 1 is 1.18 bits per heavy atom. The molecule has 0 saturated heterocycles. The maximum atomic E-state index is 12.4. The molecule has 0 saturated carbocycles. The molecule has 1 aliphatic rings. The van der Waals surface area contributed by atoms with E-state index in [0.29, 0.717) is 18.0 Å². The SMILES string of the molecule is COc1ccc(C2C(=O)NCc3ncc(C)cc32)cc1OC. The molecule has 2 heterocycles. The van der Waals surface area contributed by atoms with Crippen molar-refractivity contribution < 1.29 is 14.3 Å². The van der Waals surface area contributed by atoms with Gasteiger partial charge in [-0.1, -0.05) is 12.1 Å². The van der Waals surface area contributed by atoms with Gasteiger partial charge in [-0.15, -0.1) is 0 Å². The van der Waals surface area contributed by atoms with E-state index in [-0.39, 0.29) is 11.8 Å². The Hall–Kier alpha value is -2.56. The fourth-order valence-corrected chi connectivity index (χ4v) is 2.80. The van der Waals surface area contributed by atoms with E-state index in [1.165, 1.54) is 0 Å². The first-order valence-electron chi connectivity index (χ1n) is 7.09. The number of pyridine rings is 1. The normalized spacial score (nSPS) is 16.7. The second kappa shape index (κ2) is 5.67. The number of aryl methyl sites for hydroxylation is 1. The molecule has 1 N–H and O–H groups in total. The number of benzene rings is 1. The minimum atomic E-state index is -0.379. The number of nitrogens with zero attached hydrogens (tertiary/aromatic N) is 1. The van der Waals surface area contributed by atoms with Gasteiger partial charge in [0.2, 0.25) is 5.91 Å². The first-order valence-corrected chi connectivity index (χ1v) is 7.09. The molecule has 1 atom stereocenters. The third-order valence-corrected chi connectivity index (χ3v) is 3.88. The first-order chi connectivity index (χ1) is 10.6. The molecule has 5 heteroatoms. The highest BCUT2D eigenvalue weighted by Crippen LogP contribution is 2.35. The van der Waals surface area contributed by atoms with Gasteiger partial charge in [0.15, 0.2) is 11.5 Å². The fourth-order valence-electron chi connectivity index (χ4n) is 2.80. The van der Waals surface area contributed by atoms with Gasteiger partial charge >= 0.3 is 0 Å². The van der Waals surface area contributed by atoms with Crippen LogP contribution in [0.4, 0.5) is 0 Å². The Morgan fingerprint density at radius 3 is 2.68 bits per heavy atom. The highest BCUT2D eigenvalue weighted by Gasteiger charge is 2.30. The molecule has 1 amide bonds. The lowest BCUT2D eigenvalue weighted by Crippen LogP contribution is -2.35. The van der Waals surface area contributed by atoms with E-state index >= 15 is 0 Å². The van der Waals surface area contributed by atoms with Gasteiger partial charge in [-0.05, 0) is 35.7 Å². The molecular formula is C17H18N2O3. The predicted molar refractivity (Wildman–Crippen MR) is 82.2 cm³/mol. The molecule has 2 aromatic rings. The number of rotatable bonds is 3. The third kappa shape index (κ3) is 2.39. The summed E-state index contributed by atoms with van der Waals surface area (Å²) >= 11 is 0. The van der Waals surface area contributed by atoms with E-state index in [0.717, 1.165) is 22.4 Å². The second-order valence-electron chi connectivity index (χ2n) is 5.31. The first kappa shape index (κ1) is 14.4. The summed E-state index contributed by atoms with van der Waals surface area (Å²) in [7, 11) is 3.18. The molecule has 5 nitrogen and oxygen atoms in total. The minimum absolute atomic E-state index is 0.0212. The highest BCUT2D eigenvalue weighted by molar-refractivity contribution is 5.89. The number of hydrogen-bond acceptors (Lipinski definition) is 4. The van der Waals surface area contributed by atoms with E-state index < -0.39 is 0 Å². The van der Waals surface area contributed by atoms with E-state index in [2.05, 4.69) is 10.3 Å².